The van der Waals surface area contributed by atoms with E-state index < -0.39 is 12.2 Å². The average Bonchev–Trinajstić information content (AvgIpc) is 2.97. The Bertz CT molecular complexity index is 1090. The lowest BCUT2D eigenvalue weighted by molar-refractivity contribution is 0.110. The van der Waals surface area contributed by atoms with Gasteiger partial charge in [-0.15, -0.1) is 11.6 Å². The summed E-state index contributed by atoms with van der Waals surface area (Å²) in [6.07, 6.45) is 10.2. The second kappa shape index (κ2) is 17.4. The maximum atomic E-state index is 11.1. The predicted molar refractivity (Wildman–Crippen MR) is 174 cm³/mol. The van der Waals surface area contributed by atoms with Gasteiger partial charge in [-0.1, -0.05) is 65.7 Å². The molecule has 0 fully saturated rings. The van der Waals surface area contributed by atoms with E-state index in [4.69, 9.17) is 11.6 Å². The summed E-state index contributed by atoms with van der Waals surface area (Å²) in [5.41, 5.74) is 2.15. The Morgan fingerprint density at radius 3 is 1.35 bits per heavy atom. The van der Waals surface area contributed by atoms with Crippen molar-refractivity contribution in [3.63, 3.8) is 0 Å². The molecule has 6 atom stereocenters. The number of hydrogen-bond donors (Lipinski definition) is 6. The maximum Gasteiger partial charge on any atom is 0.123 e. The molecule has 0 spiro atoms. The van der Waals surface area contributed by atoms with Gasteiger partial charge in [0.1, 0.15) is 23.0 Å². The molecule has 0 aliphatic heterocycles. The lowest BCUT2D eigenvalue weighted by Crippen LogP contribution is -2.12. The van der Waals surface area contributed by atoms with Crippen LogP contribution in [0.1, 0.15) is 157 Å². The standard InChI is InChI=1S/C36H55ClO6/c1-4-5-14-25-15-8-6-12-23(2)36(43)28-21-31(40)34(32(41)22-28)26(17-10-11-18-37)16-9-7-13-24(3)35(42)27-19-29(38)33(25)30(39)20-27/h19-26,35-36,38-43H,4-18H2,1-3H3/t23-,24-,25-,26+,35+,36+/m0/s1. The van der Waals surface area contributed by atoms with Crippen LogP contribution < -0.4 is 0 Å². The molecule has 4 aliphatic carbocycles. The Balaban J connectivity index is 1.91. The van der Waals surface area contributed by atoms with E-state index in [1.165, 1.54) is 0 Å². The van der Waals surface area contributed by atoms with Crippen LogP contribution in [0.3, 0.4) is 0 Å². The Morgan fingerprint density at radius 1 is 0.605 bits per heavy atom. The van der Waals surface area contributed by atoms with E-state index >= 15 is 0 Å². The summed E-state index contributed by atoms with van der Waals surface area (Å²) in [5.74, 6) is 0.514. The molecule has 0 radical (unpaired) electrons. The van der Waals surface area contributed by atoms with Crippen molar-refractivity contribution in [2.45, 2.75) is 135 Å². The molecule has 0 amide bonds. The Hall–Kier alpha value is -2.15. The van der Waals surface area contributed by atoms with Gasteiger partial charge < -0.3 is 30.6 Å². The summed E-state index contributed by atoms with van der Waals surface area (Å²) in [5, 5.41) is 66.5. The van der Waals surface area contributed by atoms with Crippen LogP contribution in [0.25, 0.3) is 0 Å². The molecule has 7 heteroatoms. The van der Waals surface area contributed by atoms with Gasteiger partial charge in [0.25, 0.3) is 0 Å². The van der Waals surface area contributed by atoms with Gasteiger partial charge in [-0.05, 0) is 104 Å². The first-order valence-electron chi connectivity index (χ1n) is 16.6. The van der Waals surface area contributed by atoms with Gasteiger partial charge in [0, 0.05) is 17.0 Å². The number of aromatic hydroxyl groups is 4. The summed E-state index contributed by atoms with van der Waals surface area (Å²) in [6.45, 7) is 6.09. The van der Waals surface area contributed by atoms with Crippen LogP contribution in [0.15, 0.2) is 24.3 Å². The summed E-state index contributed by atoms with van der Waals surface area (Å²) in [6, 6.07) is 6.48. The number of halogens is 1. The zero-order valence-electron chi connectivity index (χ0n) is 26.4. The van der Waals surface area contributed by atoms with Crippen LogP contribution in [-0.4, -0.2) is 36.5 Å². The van der Waals surface area contributed by atoms with Crippen LogP contribution in [0.5, 0.6) is 23.0 Å². The van der Waals surface area contributed by atoms with Gasteiger partial charge in [0.2, 0.25) is 0 Å². The zero-order valence-corrected chi connectivity index (χ0v) is 27.2. The van der Waals surface area contributed by atoms with Crippen molar-refractivity contribution in [3.05, 3.63) is 46.5 Å². The van der Waals surface area contributed by atoms with E-state index in [-0.39, 0.29) is 46.7 Å². The molecule has 242 valence electrons. The number of alkyl halides is 1. The highest BCUT2D eigenvalue weighted by atomic mass is 35.5. The molecule has 6 nitrogen and oxygen atoms in total. The summed E-state index contributed by atoms with van der Waals surface area (Å²) >= 11 is 5.93. The van der Waals surface area contributed by atoms with Crippen molar-refractivity contribution in [2.24, 2.45) is 11.8 Å². The van der Waals surface area contributed by atoms with E-state index in [1.807, 2.05) is 13.8 Å². The molecule has 0 saturated carbocycles. The number of unbranched alkanes of at least 4 members (excludes halogenated alkanes) is 2. The minimum Gasteiger partial charge on any atom is -0.508 e. The quantitative estimate of drug-likeness (QED) is 0.136. The molecule has 6 N–H and O–H groups in total. The molecule has 6 rings (SSSR count). The van der Waals surface area contributed by atoms with Crippen molar-refractivity contribution < 1.29 is 30.6 Å². The molecule has 0 heterocycles. The molecule has 0 saturated heterocycles. The number of benzene rings is 2. The minimum atomic E-state index is -0.817. The van der Waals surface area contributed by atoms with Gasteiger partial charge in [0.05, 0.1) is 12.2 Å². The van der Waals surface area contributed by atoms with E-state index in [0.717, 1.165) is 89.9 Å². The van der Waals surface area contributed by atoms with Crippen molar-refractivity contribution >= 4 is 11.6 Å². The lowest BCUT2D eigenvalue weighted by Gasteiger charge is -2.25. The third-order valence-corrected chi connectivity index (χ3v) is 9.93. The number of rotatable bonds is 7. The van der Waals surface area contributed by atoms with Crippen molar-refractivity contribution in [1.82, 2.24) is 0 Å². The van der Waals surface area contributed by atoms with E-state index in [9.17, 15) is 30.6 Å². The van der Waals surface area contributed by atoms with Gasteiger partial charge in [-0.25, -0.2) is 0 Å². The topological polar surface area (TPSA) is 121 Å². The average molecular weight is 619 g/mol. The van der Waals surface area contributed by atoms with E-state index in [0.29, 0.717) is 28.1 Å². The monoisotopic (exact) mass is 618 g/mol. The lowest BCUT2D eigenvalue weighted by atomic mass is 9.83. The highest BCUT2D eigenvalue weighted by molar-refractivity contribution is 6.17. The normalized spacial score (nSPS) is 26.2. The smallest absolute Gasteiger partial charge is 0.123 e. The SMILES string of the molecule is CCCC[C@H]1CCCC[C@H](C)[C@@H](O)c2cc(O)c(c(O)c2)[C@@H](CCCCCl)CCCC[C@H](C)[C@@H](O)c2cc(O)c1c(O)c2. The molecule has 43 heavy (non-hydrogen) atoms. The number of phenolic OH excluding ortho intramolecular Hbond substituents is 4. The molecular formula is C36H55ClO6. The van der Waals surface area contributed by atoms with Crippen LogP contribution in [-0.2, 0) is 0 Å². The van der Waals surface area contributed by atoms with Crippen LogP contribution in [0, 0.1) is 11.8 Å². The number of aliphatic hydroxyl groups excluding tert-OH is 2. The molecule has 2 aromatic carbocycles. The molecule has 4 bridgehead atoms. The van der Waals surface area contributed by atoms with Crippen molar-refractivity contribution in [2.75, 3.05) is 5.88 Å². The van der Waals surface area contributed by atoms with Crippen LogP contribution in [0.2, 0.25) is 0 Å². The Kier molecular flexibility index (Phi) is 14.3. The Morgan fingerprint density at radius 2 is 0.977 bits per heavy atom. The first-order valence-corrected chi connectivity index (χ1v) is 17.2. The highest BCUT2D eigenvalue weighted by Gasteiger charge is 2.27. The van der Waals surface area contributed by atoms with Crippen molar-refractivity contribution in [3.8, 4) is 23.0 Å². The first kappa shape index (κ1) is 35.3. The van der Waals surface area contributed by atoms with Crippen LogP contribution >= 0.6 is 11.6 Å². The molecule has 2 aromatic rings. The number of hydrogen-bond acceptors (Lipinski definition) is 6. The van der Waals surface area contributed by atoms with Gasteiger partial charge in [0.15, 0.2) is 0 Å². The molecule has 0 unspecified atom stereocenters. The second-order valence-corrected chi connectivity index (χ2v) is 13.5. The second-order valence-electron chi connectivity index (χ2n) is 13.1. The van der Waals surface area contributed by atoms with Gasteiger partial charge >= 0.3 is 0 Å². The maximum absolute atomic E-state index is 11.1. The predicted octanol–water partition coefficient (Wildman–Crippen LogP) is 9.45. The third kappa shape index (κ3) is 9.67. The molecular weight excluding hydrogens is 564 g/mol. The number of aliphatic hydroxyl groups is 2. The van der Waals surface area contributed by atoms with Gasteiger partial charge in [-0.2, -0.15) is 0 Å². The number of phenols is 4. The van der Waals surface area contributed by atoms with Crippen LogP contribution in [0.4, 0.5) is 0 Å². The summed E-state index contributed by atoms with van der Waals surface area (Å²) < 4.78 is 0. The summed E-state index contributed by atoms with van der Waals surface area (Å²) in [7, 11) is 0. The third-order valence-electron chi connectivity index (χ3n) is 9.66. The van der Waals surface area contributed by atoms with E-state index in [2.05, 4.69) is 6.92 Å². The summed E-state index contributed by atoms with van der Waals surface area (Å²) in [4.78, 5) is 0. The van der Waals surface area contributed by atoms with Crippen molar-refractivity contribution in [1.29, 1.82) is 0 Å². The van der Waals surface area contributed by atoms with E-state index in [1.54, 1.807) is 24.3 Å². The fraction of sp³-hybridized carbons (Fsp3) is 0.667. The minimum absolute atomic E-state index is 0.000440. The fourth-order valence-electron chi connectivity index (χ4n) is 6.96. The Labute approximate surface area is 263 Å². The fourth-order valence-corrected chi connectivity index (χ4v) is 7.14. The molecule has 4 aliphatic rings. The highest BCUT2D eigenvalue weighted by Crippen LogP contribution is 2.45. The zero-order chi connectivity index (χ0) is 31.5. The van der Waals surface area contributed by atoms with Gasteiger partial charge in [-0.3, -0.25) is 0 Å². The molecule has 0 aromatic heterocycles. The largest absolute Gasteiger partial charge is 0.508 e. The first-order chi connectivity index (χ1) is 20.6.